The van der Waals surface area contributed by atoms with Crippen molar-refractivity contribution in [3.8, 4) is 0 Å². The van der Waals surface area contributed by atoms with E-state index >= 15 is 0 Å². The average Bonchev–Trinajstić information content (AvgIpc) is 3.15. The van der Waals surface area contributed by atoms with Gasteiger partial charge in [-0.05, 0) is 19.8 Å². The number of oxazole rings is 1. The Hall–Kier alpha value is -1.48. The summed E-state index contributed by atoms with van der Waals surface area (Å²) in [5.41, 5.74) is 0.398. The van der Waals surface area contributed by atoms with Crippen molar-refractivity contribution in [1.82, 2.24) is 19.7 Å². The number of ether oxygens (including phenoxy) is 1. The molecule has 28 heavy (non-hydrogen) atoms. The van der Waals surface area contributed by atoms with Crippen LogP contribution in [0.2, 0.25) is 0 Å². The number of carbonyl (C=O) groups excluding carboxylic acids is 1. The fourth-order valence-electron chi connectivity index (χ4n) is 3.42. The highest BCUT2D eigenvalue weighted by Crippen LogP contribution is 2.12. The summed E-state index contributed by atoms with van der Waals surface area (Å²) in [5.74, 6) is 0.535. The summed E-state index contributed by atoms with van der Waals surface area (Å²) in [7, 11) is 0. The van der Waals surface area contributed by atoms with E-state index in [1.165, 1.54) is 6.26 Å². The van der Waals surface area contributed by atoms with E-state index in [1.54, 1.807) is 0 Å². The highest BCUT2D eigenvalue weighted by Gasteiger charge is 2.22. The summed E-state index contributed by atoms with van der Waals surface area (Å²) in [6.45, 7) is 13.3. The van der Waals surface area contributed by atoms with Crippen molar-refractivity contribution in [3.05, 3.63) is 17.8 Å². The quantitative estimate of drug-likeness (QED) is 0.573. The standard InChI is InChI=1S/C20H36N4O4/c1-4-7-24(8-5-2)20(26)18-16-28-19(21-18)14-23-11-9-22(10-12-23)13-17(25)15-27-6-3/h16-17,25H,4-15H2,1-3H3. The number of hydrogen-bond acceptors (Lipinski definition) is 7. The lowest BCUT2D eigenvalue weighted by Gasteiger charge is -2.34. The van der Waals surface area contributed by atoms with E-state index in [4.69, 9.17) is 9.15 Å². The molecule has 1 aromatic heterocycles. The second-order valence-electron chi connectivity index (χ2n) is 7.31. The van der Waals surface area contributed by atoms with Gasteiger partial charge in [0.2, 0.25) is 5.89 Å². The molecule has 8 nitrogen and oxygen atoms in total. The van der Waals surface area contributed by atoms with Crippen molar-refractivity contribution in [2.75, 3.05) is 59.0 Å². The van der Waals surface area contributed by atoms with Crippen molar-refractivity contribution in [2.45, 2.75) is 46.3 Å². The van der Waals surface area contributed by atoms with E-state index in [0.29, 0.717) is 37.9 Å². The molecule has 1 saturated heterocycles. The first-order chi connectivity index (χ1) is 13.6. The molecule has 0 aromatic carbocycles. The van der Waals surface area contributed by atoms with Crippen LogP contribution in [0.25, 0.3) is 0 Å². The maximum absolute atomic E-state index is 12.6. The van der Waals surface area contributed by atoms with Crippen LogP contribution in [0.15, 0.2) is 10.7 Å². The topological polar surface area (TPSA) is 82.3 Å². The Morgan fingerprint density at radius 2 is 1.86 bits per heavy atom. The van der Waals surface area contributed by atoms with E-state index in [-0.39, 0.29) is 5.91 Å². The van der Waals surface area contributed by atoms with Crippen LogP contribution in [-0.4, -0.2) is 95.8 Å². The van der Waals surface area contributed by atoms with Gasteiger partial charge in [0.1, 0.15) is 6.26 Å². The third-order valence-electron chi connectivity index (χ3n) is 4.85. The maximum atomic E-state index is 12.6. The molecule has 1 atom stereocenters. The van der Waals surface area contributed by atoms with Gasteiger partial charge in [-0.15, -0.1) is 0 Å². The number of nitrogens with zero attached hydrogens (tertiary/aromatic N) is 4. The number of hydrogen-bond donors (Lipinski definition) is 1. The van der Waals surface area contributed by atoms with E-state index in [1.807, 2.05) is 11.8 Å². The lowest BCUT2D eigenvalue weighted by Crippen LogP contribution is -2.48. The molecule has 1 fully saturated rings. The van der Waals surface area contributed by atoms with Crippen LogP contribution in [0, 0.1) is 0 Å². The molecule has 1 amide bonds. The molecule has 1 aromatic rings. The highest BCUT2D eigenvalue weighted by atomic mass is 16.5. The molecule has 0 radical (unpaired) electrons. The molecule has 160 valence electrons. The summed E-state index contributed by atoms with van der Waals surface area (Å²) >= 11 is 0. The summed E-state index contributed by atoms with van der Waals surface area (Å²) in [5, 5.41) is 9.97. The van der Waals surface area contributed by atoms with Crippen molar-refractivity contribution in [1.29, 1.82) is 0 Å². The van der Waals surface area contributed by atoms with Gasteiger partial charge in [-0.1, -0.05) is 13.8 Å². The van der Waals surface area contributed by atoms with Gasteiger partial charge in [0.05, 0.1) is 19.3 Å². The van der Waals surface area contributed by atoms with Crippen LogP contribution in [0.5, 0.6) is 0 Å². The molecule has 2 heterocycles. The lowest BCUT2D eigenvalue weighted by molar-refractivity contribution is 0.00949. The summed E-state index contributed by atoms with van der Waals surface area (Å²) in [4.78, 5) is 23.4. The largest absolute Gasteiger partial charge is 0.447 e. The Labute approximate surface area is 168 Å². The smallest absolute Gasteiger partial charge is 0.275 e. The molecule has 8 heteroatoms. The SMILES string of the molecule is CCCN(CCC)C(=O)c1coc(CN2CCN(CC(O)COCC)CC2)n1. The van der Waals surface area contributed by atoms with Gasteiger partial charge in [0.15, 0.2) is 5.69 Å². The molecule has 0 bridgehead atoms. The van der Waals surface area contributed by atoms with Crippen LogP contribution in [0.3, 0.4) is 0 Å². The molecule has 1 aliphatic rings. The van der Waals surface area contributed by atoms with Crippen molar-refractivity contribution in [3.63, 3.8) is 0 Å². The molecule has 1 N–H and O–H groups in total. The second-order valence-corrected chi connectivity index (χ2v) is 7.31. The molecule has 0 saturated carbocycles. The number of carbonyl (C=O) groups is 1. The summed E-state index contributed by atoms with van der Waals surface area (Å²) < 4.78 is 10.8. The predicted octanol–water partition coefficient (Wildman–Crippen LogP) is 1.45. The lowest BCUT2D eigenvalue weighted by atomic mass is 10.2. The van der Waals surface area contributed by atoms with Gasteiger partial charge in [-0.3, -0.25) is 14.6 Å². The summed E-state index contributed by atoms with van der Waals surface area (Å²) in [6, 6.07) is 0. The molecule has 2 rings (SSSR count). The Balaban J connectivity index is 1.79. The number of piperazine rings is 1. The monoisotopic (exact) mass is 396 g/mol. The average molecular weight is 397 g/mol. The fraction of sp³-hybridized carbons (Fsp3) is 0.800. The van der Waals surface area contributed by atoms with Gasteiger partial charge in [0, 0.05) is 52.4 Å². The van der Waals surface area contributed by atoms with Gasteiger partial charge in [-0.25, -0.2) is 4.98 Å². The zero-order chi connectivity index (χ0) is 20.4. The Kier molecular flexibility index (Phi) is 9.91. The van der Waals surface area contributed by atoms with Crippen LogP contribution in [0.1, 0.15) is 50.0 Å². The van der Waals surface area contributed by atoms with Gasteiger partial charge >= 0.3 is 0 Å². The zero-order valence-electron chi connectivity index (χ0n) is 17.6. The minimum Gasteiger partial charge on any atom is -0.447 e. The van der Waals surface area contributed by atoms with Crippen molar-refractivity contribution >= 4 is 5.91 Å². The van der Waals surface area contributed by atoms with E-state index < -0.39 is 6.10 Å². The normalized spacial score (nSPS) is 17.0. The van der Waals surface area contributed by atoms with Crippen molar-refractivity contribution in [2.24, 2.45) is 0 Å². The summed E-state index contributed by atoms with van der Waals surface area (Å²) in [6.07, 6.45) is 2.90. The van der Waals surface area contributed by atoms with E-state index in [0.717, 1.165) is 52.1 Å². The van der Waals surface area contributed by atoms with Gasteiger partial charge in [0.25, 0.3) is 5.91 Å². The number of aliphatic hydroxyl groups excluding tert-OH is 1. The number of β-amino-alcohol motifs (C(OH)–C–C–N with tert-alkyl or cyclic N) is 1. The number of aromatic nitrogens is 1. The van der Waals surface area contributed by atoms with Crippen LogP contribution >= 0.6 is 0 Å². The third-order valence-corrected chi connectivity index (χ3v) is 4.85. The van der Waals surface area contributed by atoms with E-state index in [2.05, 4.69) is 28.6 Å². The van der Waals surface area contributed by atoms with Crippen LogP contribution in [0.4, 0.5) is 0 Å². The molecule has 0 spiro atoms. The van der Waals surface area contributed by atoms with Crippen LogP contribution in [-0.2, 0) is 11.3 Å². The first kappa shape index (κ1) is 22.8. The highest BCUT2D eigenvalue weighted by molar-refractivity contribution is 5.91. The van der Waals surface area contributed by atoms with Gasteiger partial charge in [-0.2, -0.15) is 0 Å². The predicted molar refractivity (Wildman–Crippen MR) is 107 cm³/mol. The Morgan fingerprint density at radius 3 is 2.46 bits per heavy atom. The molecule has 0 aliphatic carbocycles. The first-order valence-corrected chi connectivity index (χ1v) is 10.5. The molecule has 1 unspecified atom stereocenters. The minimum atomic E-state index is -0.444. The molecule has 1 aliphatic heterocycles. The molecular weight excluding hydrogens is 360 g/mol. The minimum absolute atomic E-state index is 0.0493. The van der Waals surface area contributed by atoms with Crippen LogP contribution < -0.4 is 0 Å². The Morgan fingerprint density at radius 1 is 1.21 bits per heavy atom. The Bertz CT molecular complexity index is 566. The van der Waals surface area contributed by atoms with Gasteiger partial charge < -0.3 is 19.2 Å². The first-order valence-electron chi connectivity index (χ1n) is 10.5. The van der Waals surface area contributed by atoms with E-state index in [9.17, 15) is 9.90 Å². The maximum Gasteiger partial charge on any atom is 0.275 e. The zero-order valence-corrected chi connectivity index (χ0v) is 17.6. The fourth-order valence-corrected chi connectivity index (χ4v) is 3.42. The second kappa shape index (κ2) is 12.2. The van der Waals surface area contributed by atoms with Crippen molar-refractivity contribution < 1.29 is 19.1 Å². The third kappa shape index (κ3) is 7.16. The molecular formula is C20H36N4O4. The number of rotatable bonds is 12. The number of amides is 1. The number of aliphatic hydroxyl groups is 1.